The second-order valence-corrected chi connectivity index (χ2v) is 8.04. The number of carbonyl (C=O) groups excluding carboxylic acids is 2. The summed E-state index contributed by atoms with van der Waals surface area (Å²) in [5, 5.41) is 9.39. The zero-order chi connectivity index (χ0) is 24.6. The van der Waals surface area contributed by atoms with Gasteiger partial charge in [-0.15, -0.1) is 18.3 Å². The average molecular weight is 497 g/mol. The van der Waals surface area contributed by atoms with Gasteiger partial charge >= 0.3 is 6.36 Å². The van der Waals surface area contributed by atoms with E-state index in [0.29, 0.717) is 0 Å². The molecule has 4 rings (SSSR count). The first-order chi connectivity index (χ1) is 16.0. The van der Waals surface area contributed by atoms with Crippen molar-refractivity contribution in [2.75, 3.05) is 11.9 Å². The molecular formula is C22H17ClF4N4O3. The highest BCUT2D eigenvalue weighted by molar-refractivity contribution is 6.30. The van der Waals surface area contributed by atoms with Crippen molar-refractivity contribution in [1.29, 1.82) is 0 Å². The fourth-order valence-electron chi connectivity index (χ4n) is 3.58. The molecule has 1 aliphatic rings. The van der Waals surface area contributed by atoms with Crippen LogP contribution in [0.3, 0.4) is 0 Å². The molecule has 7 nitrogen and oxygen atoms in total. The molecule has 1 aromatic heterocycles. The van der Waals surface area contributed by atoms with Crippen molar-refractivity contribution in [2.45, 2.75) is 13.3 Å². The van der Waals surface area contributed by atoms with Gasteiger partial charge in [-0.2, -0.15) is 0 Å². The number of nitrogens with one attached hydrogen (secondary N) is 2. The van der Waals surface area contributed by atoms with Crippen LogP contribution in [0.25, 0.3) is 16.9 Å². The number of ether oxygens (including phenoxy) is 1. The highest BCUT2D eigenvalue weighted by Crippen LogP contribution is 2.32. The molecule has 0 unspecified atom stereocenters. The highest BCUT2D eigenvalue weighted by atomic mass is 35.5. The lowest BCUT2D eigenvalue weighted by molar-refractivity contribution is -0.274. The third kappa shape index (κ3) is 4.98. The van der Waals surface area contributed by atoms with Crippen LogP contribution in [0.5, 0.6) is 5.75 Å². The van der Waals surface area contributed by atoms with Gasteiger partial charge in [0, 0.05) is 30.2 Å². The average Bonchev–Trinajstić information content (AvgIpc) is 3.32. The van der Waals surface area contributed by atoms with E-state index in [4.69, 9.17) is 11.6 Å². The third-order valence-electron chi connectivity index (χ3n) is 5.32. The number of halogens is 5. The van der Waals surface area contributed by atoms with Gasteiger partial charge in [0.05, 0.1) is 22.3 Å². The molecule has 1 saturated heterocycles. The summed E-state index contributed by atoms with van der Waals surface area (Å²) in [7, 11) is 0. The van der Waals surface area contributed by atoms with Crippen molar-refractivity contribution in [3.63, 3.8) is 0 Å². The molecule has 0 radical (unpaired) electrons. The minimum atomic E-state index is -4.89. The summed E-state index contributed by atoms with van der Waals surface area (Å²) in [4.78, 5) is 24.4. The van der Waals surface area contributed by atoms with Crippen LogP contribution in [-0.4, -0.2) is 34.5 Å². The monoisotopic (exact) mass is 496 g/mol. The van der Waals surface area contributed by atoms with Crippen molar-refractivity contribution in [1.82, 2.24) is 15.1 Å². The molecule has 3 aromatic rings. The SMILES string of the molecule is C[C@H]1C(=O)NC[C@@H]1C(=O)Nc1cc(-c2cccc(OC(F)(F)F)c2)n(-c2ccc(Cl)c(F)c2)n1. The van der Waals surface area contributed by atoms with Crippen LogP contribution in [0.4, 0.5) is 23.4 Å². The number of hydrogen-bond donors (Lipinski definition) is 2. The fraction of sp³-hybridized carbons (Fsp3) is 0.227. The summed E-state index contributed by atoms with van der Waals surface area (Å²) in [5.74, 6) is -3.01. The molecule has 34 heavy (non-hydrogen) atoms. The Bertz CT molecular complexity index is 1260. The van der Waals surface area contributed by atoms with Crippen LogP contribution in [0.1, 0.15) is 6.92 Å². The molecule has 2 amide bonds. The predicted molar refractivity (Wildman–Crippen MR) is 115 cm³/mol. The summed E-state index contributed by atoms with van der Waals surface area (Å²) < 4.78 is 57.4. The van der Waals surface area contributed by atoms with E-state index in [1.807, 2.05) is 0 Å². The Morgan fingerprint density at radius 2 is 2.00 bits per heavy atom. The molecule has 12 heteroatoms. The van der Waals surface area contributed by atoms with Crippen LogP contribution in [0.2, 0.25) is 5.02 Å². The standard InChI is InChI=1S/C22H17ClF4N4O3/c1-11-15(10-28-20(11)32)21(33)29-19-9-18(12-3-2-4-14(7-12)34-22(25,26)27)31(30-19)13-5-6-16(23)17(24)8-13/h2-9,11,15H,10H2,1H3,(H,28,32)(H,29,30,33)/t11-,15+/m1/s1. The molecule has 2 N–H and O–H groups in total. The summed E-state index contributed by atoms with van der Waals surface area (Å²) in [6.45, 7) is 1.79. The Morgan fingerprint density at radius 1 is 1.24 bits per heavy atom. The molecule has 2 heterocycles. The Labute approximate surface area is 195 Å². The van der Waals surface area contributed by atoms with E-state index >= 15 is 0 Å². The van der Waals surface area contributed by atoms with Crippen molar-refractivity contribution in [2.24, 2.45) is 11.8 Å². The van der Waals surface area contributed by atoms with E-state index in [-0.39, 0.29) is 40.2 Å². The van der Waals surface area contributed by atoms with Crippen LogP contribution < -0.4 is 15.4 Å². The number of carbonyl (C=O) groups is 2. The van der Waals surface area contributed by atoms with Gasteiger partial charge in [-0.3, -0.25) is 9.59 Å². The Morgan fingerprint density at radius 3 is 2.65 bits per heavy atom. The lowest BCUT2D eigenvalue weighted by atomic mass is 9.97. The van der Waals surface area contributed by atoms with Gasteiger partial charge in [0.25, 0.3) is 0 Å². The minimum Gasteiger partial charge on any atom is -0.406 e. The Hall–Kier alpha value is -3.60. The minimum absolute atomic E-state index is 0.0593. The summed E-state index contributed by atoms with van der Waals surface area (Å²) in [6, 6.07) is 10.4. The number of benzene rings is 2. The van der Waals surface area contributed by atoms with Crippen LogP contribution >= 0.6 is 11.6 Å². The first-order valence-electron chi connectivity index (χ1n) is 10.0. The largest absolute Gasteiger partial charge is 0.573 e. The smallest absolute Gasteiger partial charge is 0.406 e. The topological polar surface area (TPSA) is 85.3 Å². The third-order valence-corrected chi connectivity index (χ3v) is 5.63. The number of hydrogen-bond acceptors (Lipinski definition) is 4. The van der Waals surface area contributed by atoms with Crippen molar-refractivity contribution in [3.05, 3.63) is 59.4 Å². The van der Waals surface area contributed by atoms with Gasteiger partial charge in [0.1, 0.15) is 11.6 Å². The molecule has 1 aliphatic heterocycles. The fourth-order valence-corrected chi connectivity index (χ4v) is 3.70. The van der Waals surface area contributed by atoms with E-state index in [1.54, 1.807) is 6.92 Å². The maximum absolute atomic E-state index is 14.1. The van der Waals surface area contributed by atoms with Crippen molar-refractivity contribution >= 4 is 29.2 Å². The van der Waals surface area contributed by atoms with Gasteiger partial charge in [-0.05, 0) is 24.3 Å². The van der Waals surface area contributed by atoms with Crippen molar-refractivity contribution < 1.29 is 31.9 Å². The van der Waals surface area contributed by atoms with Gasteiger partial charge in [0.15, 0.2) is 5.82 Å². The lowest BCUT2D eigenvalue weighted by Crippen LogP contribution is -2.28. The molecular weight excluding hydrogens is 480 g/mol. The zero-order valence-corrected chi connectivity index (χ0v) is 18.2. The van der Waals surface area contributed by atoms with Gasteiger partial charge < -0.3 is 15.4 Å². The first-order valence-corrected chi connectivity index (χ1v) is 10.4. The van der Waals surface area contributed by atoms with E-state index in [1.165, 1.54) is 35.0 Å². The number of amides is 2. The molecule has 0 spiro atoms. The van der Waals surface area contributed by atoms with E-state index in [9.17, 15) is 27.2 Å². The van der Waals surface area contributed by atoms with Crippen LogP contribution in [0.15, 0.2) is 48.5 Å². The maximum atomic E-state index is 14.1. The van der Waals surface area contributed by atoms with Gasteiger partial charge in [-0.1, -0.05) is 30.7 Å². The second kappa shape index (κ2) is 8.98. The summed E-state index contributed by atoms with van der Waals surface area (Å²) >= 11 is 5.76. The van der Waals surface area contributed by atoms with Gasteiger partial charge in [-0.25, -0.2) is 9.07 Å². The molecule has 2 atom stereocenters. The molecule has 2 aromatic carbocycles. The van der Waals surface area contributed by atoms with Crippen LogP contribution in [-0.2, 0) is 9.59 Å². The number of anilines is 1. The molecule has 178 valence electrons. The zero-order valence-electron chi connectivity index (χ0n) is 17.5. The molecule has 0 bridgehead atoms. The van der Waals surface area contributed by atoms with Crippen LogP contribution in [0, 0.1) is 17.7 Å². The quantitative estimate of drug-likeness (QED) is 0.507. The number of alkyl halides is 3. The molecule has 1 fully saturated rings. The van der Waals surface area contributed by atoms with E-state index in [2.05, 4.69) is 20.5 Å². The maximum Gasteiger partial charge on any atom is 0.573 e. The number of aromatic nitrogens is 2. The Kier molecular flexibility index (Phi) is 6.22. The second-order valence-electron chi connectivity index (χ2n) is 7.63. The van der Waals surface area contributed by atoms with Crippen molar-refractivity contribution in [3.8, 4) is 22.7 Å². The summed E-state index contributed by atoms with van der Waals surface area (Å²) in [6.07, 6.45) is -4.89. The summed E-state index contributed by atoms with van der Waals surface area (Å²) in [5.41, 5.74) is 0.722. The van der Waals surface area contributed by atoms with E-state index in [0.717, 1.165) is 18.2 Å². The van der Waals surface area contributed by atoms with E-state index < -0.39 is 35.7 Å². The number of rotatable bonds is 5. The molecule has 0 aliphatic carbocycles. The first kappa shape index (κ1) is 23.6. The lowest BCUT2D eigenvalue weighted by Gasteiger charge is -2.11. The number of nitrogens with zero attached hydrogens (tertiary/aromatic N) is 2. The highest BCUT2D eigenvalue weighted by Gasteiger charge is 2.36. The van der Waals surface area contributed by atoms with Gasteiger partial charge in [0.2, 0.25) is 11.8 Å². The predicted octanol–water partition coefficient (Wildman–Crippen LogP) is 4.55. The Balaban J connectivity index is 1.73. The normalized spacial score (nSPS) is 18.0. The molecule has 0 saturated carbocycles.